The molecule has 1 aliphatic rings. The molecule has 3 rings (SSSR count). The van der Waals surface area contributed by atoms with Crippen molar-refractivity contribution in [1.82, 2.24) is 14.1 Å². The summed E-state index contributed by atoms with van der Waals surface area (Å²) in [6.07, 6.45) is 3.04. The van der Waals surface area contributed by atoms with Crippen LogP contribution in [0.3, 0.4) is 0 Å². The Balaban J connectivity index is 1.87. The maximum absolute atomic E-state index is 12.7. The monoisotopic (exact) mass is 335 g/mol. The van der Waals surface area contributed by atoms with Gasteiger partial charge in [-0.1, -0.05) is 18.2 Å². The number of hydrogen-bond donors (Lipinski definition) is 1. The van der Waals surface area contributed by atoms with Crippen LogP contribution in [0.1, 0.15) is 13.3 Å². The molecular formula is C15H17N3O4S. The third-order valence-electron chi connectivity index (χ3n) is 4.17. The van der Waals surface area contributed by atoms with Gasteiger partial charge >= 0.3 is 5.97 Å². The van der Waals surface area contributed by atoms with Crippen molar-refractivity contribution in [2.75, 3.05) is 13.1 Å². The van der Waals surface area contributed by atoms with Crippen LogP contribution in [0.4, 0.5) is 0 Å². The number of aromatic nitrogens is 2. The van der Waals surface area contributed by atoms with E-state index in [2.05, 4.69) is 5.10 Å². The number of carboxylic acids is 1. The molecule has 0 amide bonds. The van der Waals surface area contributed by atoms with Gasteiger partial charge in [0.1, 0.15) is 4.90 Å². The molecule has 1 unspecified atom stereocenters. The summed E-state index contributed by atoms with van der Waals surface area (Å²) in [5.74, 6) is -0.977. The van der Waals surface area contributed by atoms with Crippen LogP contribution in [0.5, 0.6) is 0 Å². The van der Waals surface area contributed by atoms with E-state index in [4.69, 9.17) is 0 Å². The van der Waals surface area contributed by atoms with Crippen molar-refractivity contribution < 1.29 is 18.3 Å². The lowest BCUT2D eigenvalue weighted by molar-refractivity contribution is -0.146. The van der Waals surface area contributed by atoms with E-state index in [9.17, 15) is 18.3 Å². The molecular weight excluding hydrogens is 318 g/mol. The molecule has 0 aliphatic carbocycles. The maximum atomic E-state index is 12.7. The van der Waals surface area contributed by atoms with Gasteiger partial charge in [0, 0.05) is 13.1 Å². The summed E-state index contributed by atoms with van der Waals surface area (Å²) in [6.45, 7) is 1.74. The van der Waals surface area contributed by atoms with Gasteiger partial charge in [-0.05, 0) is 25.5 Å². The molecule has 2 heterocycles. The number of benzene rings is 1. The highest BCUT2D eigenvalue weighted by Gasteiger charge is 2.45. The Morgan fingerprint density at radius 1 is 1.30 bits per heavy atom. The molecule has 0 bridgehead atoms. The molecule has 0 saturated carbocycles. The van der Waals surface area contributed by atoms with Gasteiger partial charge < -0.3 is 5.11 Å². The van der Waals surface area contributed by atoms with Crippen molar-refractivity contribution in [1.29, 1.82) is 0 Å². The highest BCUT2D eigenvalue weighted by molar-refractivity contribution is 7.89. The van der Waals surface area contributed by atoms with Crippen LogP contribution in [0.15, 0.2) is 47.6 Å². The number of para-hydroxylation sites is 1. The lowest BCUT2D eigenvalue weighted by Gasteiger charge is -2.19. The van der Waals surface area contributed by atoms with Crippen molar-refractivity contribution >= 4 is 16.0 Å². The highest BCUT2D eigenvalue weighted by Crippen LogP contribution is 2.33. The second kappa shape index (κ2) is 5.47. The number of carboxylic acid groups (broad SMARTS) is 1. The van der Waals surface area contributed by atoms with Gasteiger partial charge in [0.25, 0.3) is 0 Å². The zero-order valence-electron chi connectivity index (χ0n) is 12.6. The molecule has 0 spiro atoms. The average molecular weight is 335 g/mol. The molecule has 1 aromatic carbocycles. The van der Waals surface area contributed by atoms with Crippen molar-refractivity contribution in [3.63, 3.8) is 0 Å². The molecule has 1 aliphatic heterocycles. The van der Waals surface area contributed by atoms with E-state index in [1.807, 2.05) is 30.3 Å². The van der Waals surface area contributed by atoms with Crippen LogP contribution < -0.4 is 0 Å². The van der Waals surface area contributed by atoms with Gasteiger partial charge in [-0.3, -0.25) is 4.79 Å². The van der Waals surface area contributed by atoms with E-state index >= 15 is 0 Å². The first-order valence-corrected chi connectivity index (χ1v) is 8.61. The molecule has 1 N–H and O–H groups in total. The predicted molar refractivity (Wildman–Crippen MR) is 82.7 cm³/mol. The van der Waals surface area contributed by atoms with E-state index in [1.54, 1.807) is 6.92 Å². The fraction of sp³-hybridized carbons (Fsp3) is 0.333. The molecule has 1 atom stereocenters. The van der Waals surface area contributed by atoms with Crippen LogP contribution >= 0.6 is 0 Å². The van der Waals surface area contributed by atoms with Crippen LogP contribution in [0, 0.1) is 5.41 Å². The van der Waals surface area contributed by atoms with Crippen molar-refractivity contribution in [2.24, 2.45) is 5.41 Å². The van der Waals surface area contributed by atoms with Gasteiger partial charge in [0.05, 0.1) is 23.5 Å². The van der Waals surface area contributed by atoms with Gasteiger partial charge in [0.2, 0.25) is 10.0 Å². The SMILES string of the molecule is CC1(C(=O)O)CCN(S(=O)(=O)c2cnn(-c3ccccc3)c2)C1. The molecule has 1 fully saturated rings. The summed E-state index contributed by atoms with van der Waals surface area (Å²) in [5, 5.41) is 13.3. The summed E-state index contributed by atoms with van der Waals surface area (Å²) in [4.78, 5) is 11.3. The second-order valence-corrected chi connectivity index (χ2v) is 7.85. The Hall–Kier alpha value is -2.19. The van der Waals surface area contributed by atoms with Crippen molar-refractivity contribution in [2.45, 2.75) is 18.2 Å². The minimum absolute atomic E-state index is 0.0266. The van der Waals surface area contributed by atoms with Crippen molar-refractivity contribution in [3.05, 3.63) is 42.7 Å². The van der Waals surface area contributed by atoms with Gasteiger partial charge in [0.15, 0.2) is 0 Å². The molecule has 2 aromatic rings. The fourth-order valence-corrected chi connectivity index (χ4v) is 4.11. The van der Waals surface area contributed by atoms with E-state index in [0.29, 0.717) is 6.42 Å². The normalized spacial score (nSPS) is 22.3. The van der Waals surface area contributed by atoms with E-state index in [-0.39, 0.29) is 18.0 Å². The van der Waals surface area contributed by atoms with E-state index < -0.39 is 21.4 Å². The second-order valence-electron chi connectivity index (χ2n) is 5.91. The number of hydrogen-bond acceptors (Lipinski definition) is 4. The summed E-state index contributed by atoms with van der Waals surface area (Å²) in [6, 6.07) is 9.18. The van der Waals surface area contributed by atoms with Crippen molar-refractivity contribution in [3.8, 4) is 5.69 Å². The summed E-state index contributed by atoms with van der Waals surface area (Å²) >= 11 is 0. The zero-order valence-corrected chi connectivity index (χ0v) is 13.4. The average Bonchev–Trinajstić information content (AvgIpc) is 3.16. The number of carbonyl (C=O) groups is 1. The van der Waals surface area contributed by atoms with Crippen LogP contribution in [-0.2, 0) is 14.8 Å². The number of aliphatic carboxylic acids is 1. The smallest absolute Gasteiger partial charge is 0.310 e. The van der Waals surface area contributed by atoms with Gasteiger partial charge in [-0.15, -0.1) is 0 Å². The number of rotatable bonds is 4. The third-order valence-corrected chi connectivity index (χ3v) is 5.97. The first kappa shape index (κ1) is 15.7. The van der Waals surface area contributed by atoms with Crippen LogP contribution in [-0.4, -0.2) is 46.7 Å². The minimum Gasteiger partial charge on any atom is -0.481 e. The van der Waals surface area contributed by atoms with Crippen LogP contribution in [0.25, 0.3) is 5.69 Å². The third kappa shape index (κ3) is 2.75. The number of nitrogens with zero attached hydrogens (tertiary/aromatic N) is 3. The molecule has 1 aromatic heterocycles. The Morgan fingerprint density at radius 2 is 2.00 bits per heavy atom. The fourth-order valence-electron chi connectivity index (χ4n) is 2.61. The summed E-state index contributed by atoms with van der Waals surface area (Å²) in [5.41, 5.74) is -0.284. The molecule has 8 heteroatoms. The lowest BCUT2D eigenvalue weighted by atomic mass is 9.90. The summed E-state index contributed by atoms with van der Waals surface area (Å²) in [7, 11) is -3.74. The first-order chi connectivity index (χ1) is 10.8. The molecule has 122 valence electrons. The molecule has 7 nitrogen and oxygen atoms in total. The quantitative estimate of drug-likeness (QED) is 0.910. The Kier molecular flexibility index (Phi) is 3.73. The Bertz CT molecular complexity index is 831. The Morgan fingerprint density at radius 3 is 2.61 bits per heavy atom. The molecule has 0 radical (unpaired) electrons. The topological polar surface area (TPSA) is 92.5 Å². The minimum atomic E-state index is -3.74. The van der Waals surface area contributed by atoms with Gasteiger partial charge in [-0.2, -0.15) is 9.40 Å². The zero-order chi connectivity index (χ0) is 16.7. The number of sulfonamides is 1. The highest BCUT2D eigenvalue weighted by atomic mass is 32.2. The predicted octanol–water partition coefficient (Wildman–Crippen LogP) is 1.36. The standard InChI is InChI=1S/C15H17N3O4S/c1-15(14(19)20)7-8-17(11-15)23(21,22)13-9-16-18(10-13)12-5-3-2-4-6-12/h2-6,9-10H,7-8,11H2,1H3,(H,19,20). The van der Waals surface area contributed by atoms with Gasteiger partial charge in [-0.25, -0.2) is 13.1 Å². The lowest BCUT2D eigenvalue weighted by Crippen LogP contribution is -2.34. The molecule has 1 saturated heterocycles. The summed E-state index contributed by atoms with van der Waals surface area (Å²) < 4.78 is 28.0. The largest absolute Gasteiger partial charge is 0.481 e. The molecule has 23 heavy (non-hydrogen) atoms. The Labute approximate surface area is 134 Å². The van der Waals surface area contributed by atoms with E-state index in [0.717, 1.165) is 5.69 Å². The maximum Gasteiger partial charge on any atom is 0.310 e. The first-order valence-electron chi connectivity index (χ1n) is 7.17. The van der Waals surface area contributed by atoms with E-state index in [1.165, 1.54) is 21.4 Å². The van der Waals surface area contributed by atoms with Crippen LogP contribution in [0.2, 0.25) is 0 Å².